The summed E-state index contributed by atoms with van der Waals surface area (Å²) in [5, 5.41) is 3.04. The Morgan fingerprint density at radius 1 is 1.11 bits per heavy atom. The van der Waals surface area contributed by atoms with Crippen LogP contribution in [0.4, 0.5) is 5.69 Å². The van der Waals surface area contributed by atoms with Crippen LogP contribution in [0.1, 0.15) is 22.3 Å². The van der Waals surface area contributed by atoms with E-state index >= 15 is 0 Å². The molecule has 9 heteroatoms. The van der Waals surface area contributed by atoms with Crippen LogP contribution in [0.15, 0.2) is 53.3 Å². The molecule has 2 aromatic heterocycles. The number of aryl methyl sites for hydroxylation is 3. The molecule has 0 aliphatic heterocycles. The number of methoxy groups -OCH3 is 1. The van der Waals surface area contributed by atoms with Crippen LogP contribution in [0.3, 0.4) is 0 Å². The van der Waals surface area contributed by atoms with Gasteiger partial charge in [-0.3, -0.25) is 9.59 Å². The maximum Gasteiger partial charge on any atom is 0.274 e. The van der Waals surface area contributed by atoms with E-state index in [0.717, 1.165) is 27.7 Å². The van der Waals surface area contributed by atoms with Crippen molar-refractivity contribution in [1.82, 2.24) is 9.38 Å². The van der Waals surface area contributed by atoms with Gasteiger partial charge < -0.3 is 14.8 Å². The molecule has 37 heavy (non-hydrogen) atoms. The number of hydrogen-bond donors (Lipinski definition) is 1. The minimum atomic E-state index is -0.326. The Balaban J connectivity index is 1.42. The molecule has 0 unspecified atom stereocenters. The summed E-state index contributed by atoms with van der Waals surface area (Å²) in [4.78, 5) is 30.8. The molecule has 5 aromatic rings. The number of nitrogens with one attached hydrogen (secondary N) is 1. The van der Waals surface area contributed by atoms with E-state index in [4.69, 9.17) is 21.1 Å². The molecule has 0 saturated carbocycles. The molecule has 0 saturated heterocycles. The highest BCUT2D eigenvalue weighted by Crippen LogP contribution is 2.36. The molecular formula is C28H24ClN3O4S. The number of hydrogen-bond acceptors (Lipinski definition) is 6. The molecule has 0 aliphatic rings. The highest BCUT2D eigenvalue weighted by atomic mass is 35.5. The number of amides is 1. The Kier molecular flexibility index (Phi) is 6.62. The first-order chi connectivity index (χ1) is 17.7. The van der Waals surface area contributed by atoms with Gasteiger partial charge in [-0.1, -0.05) is 40.6 Å². The smallest absolute Gasteiger partial charge is 0.274 e. The van der Waals surface area contributed by atoms with E-state index in [-0.39, 0.29) is 28.8 Å². The number of thiazole rings is 1. The number of benzene rings is 3. The zero-order chi connectivity index (χ0) is 26.3. The van der Waals surface area contributed by atoms with E-state index in [2.05, 4.69) is 10.3 Å². The van der Waals surface area contributed by atoms with E-state index in [1.165, 1.54) is 18.4 Å². The number of nitrogens with zero attached hydrogens (tertiary/aromatic N) is 2. The number of carbonyl (C=O) groups excluding carboxylic acids is 1. The third-order valence-corrected chi connectivity index (χ3v) is 7.34. The predicted octanol–water partition coefficient (Wildman–Crippen LogP) is 5.06. The molecule has 0 radical (unpaired) electrons. The average Bonchev–Trinajstić information content (AvgIpc) is 3.35. The lowest BCUT2D eigenvalue weighted by atomic mass is 10.1. The van der Waals surface area contributed by atoms with E-state index in [1.54, 1.807) is 22.6 Å². The van der Waals surface area contributed by atoms with E-state index in [0.29, 0.717) is 26.5 Å². The molecule has 5 rings (SSSR count). The van der Waals surface area contributed by atoms with Crippen molar-refractivity contribution >= 4 is 56.6 Å². The molecule has 0 aliphatic carbocycles. The summed E-state index contributed by atoms with van der Waals surface area (Å²) in [6, 6.07) is 14.8. The number of imidazole rings is 1. The molecule has 3 aromatic carbocycles. The third-order valence-electron chi connectivity index (χ3n) is 6.09. The second kappa shape index (κ2) is 9.88. The second-order valence-corrected chi connectivity index (χ2v) is 10.2. The number of anilines is 1. The highest BCUT2D eigenvalue weighted by molar-refractivity contribution is 7.15. The van der Waals surface area contributed by atoms with Crippen LogP contribution in [0.25, 0.3) is 22.1 Å². The molecule has 0 bridgehead atoms. The zero-order valence-electron chi connectivity index (χ0n) is 20.7. The first kappa shape index (κ1) is 24.8. The normalized spacial score (nSPS) is 11.9. The Morgan fingerprint density at radius 3 is 2.57 bits per heavy atom. The molecule has 188 valence electrons. The fraction of sp³-hybridized carbons (Fsp3) is 0.179. The van der Waals surface area contributed by atoms with Crippen molar-refractivity contribution in [2.45, 2.75) is 20.8 Å². The molecule has 0 atom stereocenters. The Labute approximate surface area is 221 Å². The molecule has 1 amide bonds. The SMILES string of the molecule is COc1cc(/C=c2\sc3nc4cc(C)c(C)cc4n3c2=O)cc(Cl)c1OCC(=O)Nc1ccc(C)cc1. The lowest BCUT2D eigenvalue weighted by Gasteiger charge is -2.13. The summed E-state index contributed by atoms with van der Waals surface area (Å²) in [7, 11) is 1.49. The first-order valence-corrected chi connectivity index (χ1v) is 12.7. The van der Waals surface area contributed by atoms with Crippen LogP contribution in [0, 0.1) is 20.8 Å². The highest BCUT2D eigenvalue weighted by Gasteiger charge is 2.16. The van der Waals surface area contributed by atoms with Gasteiger partial charge >= 0.3 is 0 Å². The summed E-state index contributed by atoms with van der Waals surface area (Å²) in [5.74, 6) is 0.279. The fourth-order valence-electron chi connectivity index (χ4n) is 4.00. The fourth-order valence-corrected chi connectivity index (χ4v) is 5.27. The van der Waals surface area contributed by atoms with Gasteiger partial charge in [-0.15, -0.1) is 0 Å². The summed E-state index contributed by atoms with van der Waals surface area (Å²) in [5.41, 5.74) is 6.13. The van der Waals surface area contributed by atoms with E-state index in [9.17, 15) is 9.59 Å². The van der Waals surface area contributed by atoms with Gasteiger partial charge in [-0.05, 0) is 79.9 Å². The van der Waals surface area contributed by atoms with Crippen molar-refractivity contribution in [3.05, 3.63) is 90.7 Å². The van der Waals surface area contributed by atoms with Crippen molar-refractivity contribution in [2.75, 3.05) is 19.0 Å². The average molecular weight is 534 g/mol. The van der Waals surface area contributed by atoms with Gasteiger partial charge in [0.1, 0.15) is 0 Å². The maximum atomic E-state index is 13.2. The van der Waals surface area contributed by atoms with E-state index in [1.807, 2.05) is 57.2 Å². The minimum Gasteiger partial charge on any atom is -0.493 e. The van der Waals surface area contributed by atoms with Crippen LogP contribution in [-0.4, -0.2) is 29.0 Å². The van der Waals surface area contributed by atoms with Gasteiger partial charge in [0.05, 0.1) is 27.7 Å². The molecule has 7 nitrogen and oxygen atoms in total. The van der Waals surface area contributed by atoms with Crippen molar-refractivity contribution in [3.63, 3.8) is 0 Å². The number of halogens is 1. The Hall–Kier alpha value is -3.88. The van der Waals surface area contributed by atoms with Gasteiger partial charge in [0.2, 0.25) is 0 Å². The first-order valence-electron chi connectivity index (χ1n) is 11.5. The monoisotopic (exact) mass is 533 g/mol. The van der Waals surface area contributed by atoms with Gasteiger partial charge in [0, 0.05) is 5.69 Å². The Morgan fingerprint density at radius 2 is 1.84 bits per heavy atom. The van der Waals surface area contributed by atoms with Gasteiger partial charge in [-0.2, -0.15) is 0 Å². The Bertz CT molecular complexity index is 1770. The minimum absolute atomic E-state index is 0.144. The van der Waals surface area contributed by atoms with Crippen molar-refractivity contribution < 1.29 is 14.3 Å². The van der Waals surface area contributed by atoms with Gasteiger partial charge in [-0.25, -0.2) is 9.38 Å². The van der Waals surface area contributed by atoms with Crippen molar-refractivity contribution in [1.29, 1.82) is 0 Å². The number of fused-ring (bicyclic) bond motifs is 3. The third kappa shape index (κ3) is 4.90. The molecule has 0 fully saturated rings. The summed E-state index contributed by atoms with van der Waals surface area (Å²) in [6.45, 7) is 5.77. The van der Waals surface area contributed by atoms with Crippen LogP contribution in [0.5, 0.6) is 11.5 Å². The van der Waals surface area contributed by atoms with Crippen molar-refractivity contribution in [3.8, 4) is 11.5 Å². The maximum absolute atomic E-state index is 13.2. The molecule has 1 N–H and O–H groups in total. The largest absolute Gasteiger partial charge is 0.493 e. The van der Waals surface area contributed by atoms with Gasteiger partial charge in [0.15, 0.2) is 23.1 Å². The van der Waals surface area contributed by atoms with Crippen LogP contribution < -0.4 is 24.9 Å². The van der Waals surface area contributed by atoms with Crippen LogP contribution in [0.2, 0.25) is 5.02 Å². The quantitative estimate of drug-likeness (QED) is 0.330. The van der Waals surface area contributed by atoms with Crippen molar-refractivity contribution in [2.24, 2.45) is 0 Å². The summed E-state index contributed by atoms with van der Waals surface area (Å²) < 4.78 is 13.3. The molecule has 0 spiro atoms. The van der Waals surface area contributed by atoms with Crippen LogP contribution >= 0.6 is 22.9 Å². The lowest BCUT2D eigenvalue weighted by Crippen LogP contribution is -2.22. The van der Waals surface area contributed by atoms with Gasteiger partial charge in [0.25, 0.3) is 11.5 Å². The standard InChI is InChI=1S/C28H24ClN3O4S/c1-15-5-7-19(8-6-15)30-25(33)14-36-26-20(29)11-18(12-23(26)35-4)13-24-27(34)32-22-10-17(3)16(2)9-21(22)31-28(32)37-24/h5-13H,14H2,1-4H3,(H,30,33)/b24-13-. The molecule has 2 heterocycles. The summed E-state index contributed by atoms with van der Waals surface area (Å²) >= 11 is 7.81. The number of carbonyl (C=O) groups is 1. The summed E-state index contributed by atoms with van der Waals surface area (Å²) in [6.07, 6.45) is 1.75. The lowest BCUT2D eigenvalue weighted by molar-refractivity contribution is -0.118. The van der Waals surface area contributed by atoms with E-state index < -0.39 is 0 Å². The number of ether oxygens (including phenoxy) is 2. The number of rotatable bonds is 6. The predicted molar refractivity (Wildman–Crippen MR) is 148 cm³/mol. The zero-order valence-corrected chi connectivity index (χ0v) is 22.3. The second-order valence-electron chi connectivity index (χ2n) is 8.81. The topological polar surface area (TPSA) is 81.9 Å². The number of aromatic nitrogens is 2. The van der Waals surface area contributed by atoms with Crippen LogP contribution in [-0.2, 0) is 4.79 Å². The molecular weight excluding hydrogens is 510 g/mol.